The van der Waals surface area contributed by atoms with Crippen molar-refractivity contribution < 1.29 is 28.7 Å². The molecule has 0 spiro atoms. The average molecular weight is 860 g/mol. The molecule has 0 bridgehead atoms. The maximum absolute atomic E-state index is 13.7. The monoisotopic (exact) mass is 859 g/mol. The minimum atomic E-state index is -0.972. The first-order chi connectivity index (χ1) is 29.6. The van der Waals surface area contributed by atoms with Crippen LogP contribution in [0.15, 0.2) is 54.7 Å². The average Bonchev–Trinajstić information content (AvgIpc) is 3.51. The number of ketones is 1. The zero-order valence-corrected chi connectivity index (χ0v) is 36.6. The van der Waals surface area contributed by atoms with E-state index >= 15 is 0 Å². The summed E-state index contributed by atoms with van der Waals surface area (Å²) in [7, 11) is 0. The van der Waals surface area contributed by atoms with E-state index in [0.29, 0.717) is 57.3 Å². The van der Waals surface area contributed by atoms with Gasteiger partial charge in [-0.3, -0.25) is 39.1 Å². The Morgan fingerprint density at radius 3 is 2.32 bits per heavy atom. The summed E-state index contributed by atoms with van der Waals surface area (Å²) in [5.41, 5.74) is 2.04. The normalized spacial score (nSPS) is 28.1. The quantitative estimate of drug-likeness (QED) is 0.185. The third-order valence-corrected chi connectivity index (χ3v) is 15.5. The largest absolute Gasteiger partial charge is 0.489 e. The first-order valence-electron chi connectivity index (χ1n) is 22.1. The second kappa shape index (κ2) is 16.1. The number of anilines is 2. The van der Waals surface area contributed by atoms with E-state index in [1.807, 2.05) is 18.2 Å². The van der Waals surface area contributed by atoms with Gasteiger partial charge in [0, 0.05) is 92.5 Å². The third-order valence-electron chi connectivity index (χ3n) is 15.2. The maximum Gasteiger partial charge on any atom is 0.262 e. The standard InChI is InChI=1S/C48H54ClN7O6/c1-47(2)40(48(3,4)46(47)62-34-10-6-29(25-50)37(49)23-34)24-39(57)30-7-13-41(51-26-30)55-16-15-28-21-32(8-5-31(28)27-55)53-17-19-54(20-18-53)33-9-11-35-36(22-33)45(61)56(44(35)60)38-12-14-42(58)52-43(38)59/h6-7,9-11,13,22-23,26,28,31-32,38,40,46H,5,8,12,14-21,24,27H2,1-4H3,(H,52,58,59)/t28-,31-,32-,38?,40?,46?/m1/s1. The van der Waals surface area contributed by atoms with Crippen molar-refractivity contribution in [1.82, 2.24) is 20.1 Å². The van der Waals surface area contributed by atoms with Gasteiger partial charge in [0.1, 0.15) is 29.8 Å². The number of ether oxygens (including phenoxy) is 1. The number of imide groups is 2. The van der Waals surface area contributed by atoms with Gasteiger partial charge in [0.25, 0.3) is 11.8 Å². The van der Waals surface area contributed by atoms with Crippen molar-refractivity contribution in [2.75, 3.05) is 49.1 Å². The Labute approximate surface area is 367 Å². The molecule has 5 heterocycles. The van der Waals surface area contributed by atoms with Gasteiger partial charge in [0.15, 0.2) is 5.78 Å². The van der Waals surface area contributed by atoms with E-state index in [-0.39, 0.29) is 47.4 Å². The van der Waals surface area contributed by atoms with E-state index in [0.717, 1.165) is 68.5 Å². The van der Waals surface area contributed by atoms with Crippen LogP contribution in [0, 0.1) is 39.9 Å². The van der Waals surface area contributed by atoms with Gasteiger partial charge in [-0.25, -0.2) is 4.98 Å². The fourth-order valence-electron chi connectivity index (χ4n) is 12.0. The molecule has 1 aromatic heterocycles. The molecule has 13 nitrogen and oxygen atoms in total. The molecule has 62 heavy (non-hydrogen) atoms. The van der Waals surface area contributed by atoms with Crippen LogP contribution in [-0.4, -0.2) is 102 Å². The molecular weight excluding hydrogens is 806 g/mol. The van der Waals surface area contributed by atoms with Crippen LogP contribution in [0.1, 0.15) is 109 Å². The number of hydrogen-bond acceptors (Lipinski definition) is 11. The molecule has 1 N–H and O–H groups in total. The number of rotatable bonds is 9. The van der Waals surface area contributed by atoms with Crippen molar-refractivity contribution in [2.24, 2.45) is 28.6 Å². The highest BCUT2D eigenvalue weighted by molar-refractivity contribution is 6.31. The molecule has 5 fully saturated rings. The van der Waals surface area contributed by atoms with Crippen molar-refractivity contribution in [3.8, 4) is 11.8 Å². The molecule has 324 valence electrons. The molecular formula is C48H54ClN7O6. The van der Waals surface area contributed by atoms with Crippen LogP contribution in [0.2, 0.25) is 5.02 Å². The molecule has 3 aromatic rings. The van der Waals surface area contributed by atoms with E-state index in [1.165, 1.54) is 12.8 Å². The van der Waals surface area contributed by atoms with Crippen molar-refractivity contribution >= 4 is 52.5 Å². The number of piperidine rings is 2. The number of nitrogens with zero attached hydrogens (tertiary/aromatic N) is 6. The summed E-state index contributed by atoms with van der Waals surface area (Å²) in [6.45, 7) is 14.0. The number of Topliss-reactive ketones (excluding diaryl/α,β-unsaturated/α-hetero) is 1. The first kappa shape index (κ1) is 42.0. The Hall–Kier alpha value is -5.32. The van der Waals surface area contributed by atoms with Crippen LogP contribution in [0.4, 0.5) is 11.5 Å². The van der Waals surface area contributed by atoms with Crippen molar-refractivity contribution in [1.29, 1.82) is 5.26 Å². The highest BCUT2D eigenvalue weighted by Gasteiger charge is 2.63. The minimum absolute atomic E-state index is 0.0881. The molecule has 2 saturated carbocycles. The van der Waals surface area contributed by atoms with Gasteiger partial charge in [-0.1, -0.05) is 39.3 Å². The second-order valence-corrected chi connectivity index (χ2v) is 19.8. The van der Waals surface area contributed by atoms with Crippen LogP contribution in [0.25, 0.3) is 0 Å². The summed E-state index contributed by atoms with van der Waals surface area (Å²) in [6, 6.07) is 16.1. The fourth-order valence-corrected chi connectivity index (χ4v) is 12.2. The fraction of sp³-hybridized carbons (Fsp3) is 0.521. The van der Waals surface area contributed by atoms with E-state index < -0.39 is 23.8 Å². The molecule has 14 heteroatoms. The number of carbonyl (C=O) groups is 5. The summed E-state index contributed by atoms with van der Waals surface area (Å²) < 4.78 is 6.43. The Balaban J connectivity index is 0.746. The SMILES string of the molecule is CC1(C)C(CC(=O)c2ccc(N3CC[C@@H]4C[C@H](N5CCN(c6ccc7c(c6)C(=O)N(C6CCC(=O)NC6=O)C7=O)CC5)CC[C@@H]4C3)nc2)C(C)(C)C1Oc1ccc(C#N)c(Cl)c1. The summed E-state index contributed by atoms with van der Waals surface area (Å²) >= 11 is 6.28. The molecule has 4 amide bonds. The highest BCUT2D eigenvalue weighted by atomic mass is 35.5. The summed E-state index contributed by atoms with van der Waals surface area (Å²) in [5.74, 6) is 1.05. The molecule has 0 radical (unpaired) electrons. The summed E-state index contributed by atoms with van der Waals surface area (Å²) in [4.78, 5) is 77.6. The predicted octanol–water partition coefficient (Wildman–Crippen LogP) is 6.53. The number of halogens is 1. The molecule has 2 aromatic carbocycles. The van der Waals surface area contributed by atoms with Gasteiger partial charge >= 0.3 is 0 Å². The van der Waals surface area contributed by atoms with E-state index in [4.69, 9.17) is 21.3 Å². The number of hydrogen-bond donors (Lipinski definition) is 1. The number of amides is 4. The van der Waals surface area contributed by atoms with Crippen LogP contribution in [0.5, 0.6) is 5.75 Å². The van der Waals surface area contributed by atoms with Crippen molar-refractivity contribution in [2.45, 2.75) is 90.8 Å². The zero-order chi connectivity index (χ0) is 43.7. The number of pyridine rings is 1. The Morgan fingerprint density at radius 1 is 0.871 bits per heavy atom. The molecule has 2 aliphatic carbocycles. The van der Waals surface area contributed by atoms with Gasteiger partial charge in [-0.15, -0.1) is 0 Å². The van der Waals surface area contributed by atoms with E-state index in [9.17, 15) is 29.2 Å². The lowest BCUT2D eigenvalue weighted by atomic mass is 9.44. The zero-order valence-electron chi connectivity index (χ0n) is 35.9. The third kappa shape index (κ3) is 7.42. The van der Waals surface area contributed by atoms with Crippen molar-refractivity contribution in [3.63, 3.8) is 0 Å². The van der Waals surface area contributed by atoms with Crippen LogP contribution >= 0.6 is 11.6 Å². The smallest absolute Gasteiger partial charge is 0.262 e. The second-order valence-electron chi connectivity index (χ2n) is 19.4. The Morgan fingerprint density at radius 2 is 1.63 bits per heavy atom. The number of piperazine rings is 1. The topological polar surface area (TPSA) is 156 Å². The minimum Gasteiger partial charge on any atom is -0.489 e. The van der Waals surface area contributed by atoms with E-state index in [2.05, 4.69) is 53.8 Å². The molecule has 3 saturated heterocycles. The first-order valence-corrected chi connectivity index (χ1v) is 22.5. The van der Waals surface area contributed by atoms with Gasteiger partial charge in [0.05, 0.1) is 21.7 Å². The highest BCUT2D eigenvalue weighted by Crippen LogP contribution is 2.62. The van der Waals surface area contributed by atoms with Gasteiger partial charge in [0.2, 0.25) is 11.8 Å². The van der Waals surface area contributed by atoms with Crippen LogP contribution in [0.3, 0.4) is 0 Å². The van der Waals surface area contributed by atoms with Crippen LogP contribution in [-0.2, 0) is 9.59 Å². The summed E-state index contributed by atoms with van der Waals surface area (Å²) in [5, 5.41) is 11.9. The molecule has 9 rings (SSSR count). The Bertz CT molecular complexity index is 2350. The van der Waals surface area contributed by atoms with Gasteiger partial charge in [-0.2, -0.15) is 5.26 Å². The van der Waals surface area contributed by atoms with Gasteiger partial charge < -0.3 is 14.5 Å². The maximum atomic E-state index is 13.7. The number of aromatic nitrogens is 1. The van der Waals surface area contributed by atoms with E-state index in [1.54, 1.807) is 36.5 Å². The molecule has 1 unspecified atom stereocenters. The number of benzene rings is 2. The molecule has 4 aliphatic heterocycles. The summed E-state index contributed by atoms with van der Waals surface area (Å²) in [6.07, 6.45) is 6.89. The lowest BCUT2D eigenvalue weighted by Crippen LogP contribution is -2.66. The number of carbonyl (C=O) groups excluding carboxylic acids is 5. The molecule has 4 atom stereocenters. The Kier molecular flexibility index (Phi) is 10.9. The van der Waals surface area contributed by atoms with Crippen LogP contribution < -0.4 is 19.9 Å². The number of fused-ring (bicyclic) bond motifs is 2. The molecule has 6 aliphatic rings. The lowest BCUT2D eigenvalue weighted by Gasteiger charge is -2.63. The number of nitriles is 1. The van der Waals surface area contributed by atoms with Crippen molar-refractivity contribution in [3.05, 3.63) is 82.0 Å². The predicted molar refractivity (Wildman–Crippen MR) is 233 cm³/mol. The van der Waals surface area contributed by atoms with Gasteiger partial charge in [-0.05, 0) is 92.3 Å². The lowest BCUT2D eigenvalue weighted by molar-refractivity contribution is -0.196. The number of nitrogens with one attached hydrogen (secondary N) is 1.